The summed E-state index contributed by atoms with van der Waals surface area (Å²) in [5.41, 5.74) is 3.57. The maximum absolute atomic E-state index is 12.9. The number of amides is 1. The van der Waals surface area contributed by atoms with Crippen molar-refractivity contribution in [3.63, 3.8) is 0 Å². The Hall–Kier alpha value is -3.21. The van der Waals surface area contributed by atoms with Gasteiger partial charge in [-0.25, -0.2) is 9.97 Å². The molecule has 1 aromatic heterocycles. The first-order valence-corrected chi connectivity index (χ1v) is 8.66. The molecule has 2 aromatic carbocycles. The number of anilines is 2. The Labute approximate surface area is 153 Å². The van der Waals surface area contributed by atoms with E-state index in [2.05, 4.69) is 34.3 Å². The van der Waals surface area contributed by atoms with E-state index in [-0.39, 0.29) is 5.91 Å². The van der Waals surface area contributed by atoms with Crippen molar-refractivity contribution in [1.82, 2.24) is 9.97 Å². The fourth-order valence-corrected chi connectivity index (χ4v) is 2.76. The topological polar surface area (TPSA) is 58.1 Å². The van der Waals surface area contributed by atoms with Crippen molar-refractivity contribution in [2.24, 2.45) is 0 Å². The molecule has 0 spiro atoms. The zero-order valence-electron chi connectivity index (χ0n) is 15.0. The number of hydrogen-bond donors (Lipinski definition) is 1. The summed E-state index contributed by atoms with van der Waals surface area (Å²) in [7, 11) is 0. The lowest BCUT2D eigenvalue weighted by Gasteiger charge is -2.20. The highest BCUT2D eigenvalue weighted by Gasteiger charge is 2.17. The van der Waals surface area contributed by atoms with E-state index in [1.165, 1.54) is 5.56 Å². The van der Waals surface area contributed by atoms with Gasteiger partial charge >= 0.3 is 0 Å². The van der Waals surface area contributed by atoms with Gasteiger partial charge in [-0.2, -0.15) is 0 Å². The van der Waals surface area contributed by atoms with Gasteiger partial charge < -0.3 is 10.2 Å². The summed E-state index contributed by atoms with van der Waals surface area (Å²) in [6, 6.07) is 19.5. The highest BCUT2D eigenvalue weighted by Crippen LogP contribution is 2.16. The molecule has 0 unspecified atom stereocenters. The second-order valence-corrected chi connectivity index (χ2v) is 5.99. The zero-order valence-corrected chi connectivity index (χ0v) is 15.0. The van der Waals surface area contributed by atoms with Crippen LogP contribution in [0.1, 0.15) is 28.5 Å². The number of nitrogens with zero attached hydrogens (tertiary/aromatic N) is 3. The average Bonchev–Trinajstić information content (AvgIpc) is 2.68. The number of rotatable bonds is 6. The number of carbonyl (C=O) groups is 1. The molecule has 0 fully saturated rings. The van der Waals surface area contributed by atoms with E-state index >= 15 is 0 Å². The number of para-hydroxylation sites is 1. The summed E-state index contributed by atoms with van der Waals surface area (Å²) < 4.78 is 0. The van der Waals surface area contributed by atoms with Crippen LogP contribution in [-0.4, -0.2) is 22.4 Å². The number of nitrogens with one attached hydrogen (secondary N) is 1. The first-order chi connectivity index (χ1) is 12.7. The van der Waals surface area contributed by atoms with E-state index in [9.17, 15) is 4.79 Å². The van der Waals surface area contributed by atoms with Crippen LogP contribution in [0.3, 0.4) is 0 Å². The normalized spacial score (nSPS) is 10.4. The third-order valence-corrected chi connectivity index (χ3v) is 4.04. The molecule has 0 saturated carbocycles. The number of hydrogen-bond acceptors (Lipinski definition) is 4. The molecule has 132 valence electrons. The number of aryl methyl sites for hydroxylation is 1. The molecule has 0 aliphatic heterocycles. The number of carbonyl (C=O) groups excluding carboxylic acids is 1. The largest absolute Gasteiger partial charge is 0.350 e. The Morgan fingerprint density at radius 3 is 2.62 bits per heavy atom. The smallest absolute Gasteiger partial charge is 0.277 e. The van der Waals surface area contributed by atoms with Gasteiger partial charge in [-0.15, -0.1) is 0 Å². The van der Waals surface area contributed by atoms with E-state index in [0.717, 1.165) is 11.3 Å². The maximum atomic E-state index is 12.9. The van der Waals surface area contributed by atoms with Crippen molar-refractivity contribution in [3.05, 3.63) is 83.7 Å². The Balaban J connectivity index is 1.74. The van der Waals surface area contributed by atoms with Gasteiger partial charge in [0.05, 0.1) is 0 Å². The molecule has 1 heterocycles. The van der Waals surface area contributed by atoms with Gasteiger partial charge in [-0.3, -0.25) is 4.79 Å². The van der Waals surface area contributed by atoms with Crippen LogP contribution >= 0.6 is 0 Å². The van der Waals surface area contributed by atoms with Crippen LogP contribution in [0.5, 0.6) is 0 Å². The molecule has 26 heavy (non-hydrogen) atoms. The molecule has 0 saturated heterocycles. The lowest BCUT2D eigenvalue weighted by Crippen LogP contribution is -2.31. The molecule has 1 amide bonds. The molecule has 5 nitrogen and oxygen atoms in total. The van der Waals surface area contributed by atoms with Gasteiger partial charge in [0, 0.05) is 25.0 Å². The van der Waals surface area contributed by atoms with E-state index in [0.29, 0.717) is 24.7 Å². The van der Waals surface area contributed by atoms with E-state index in [1.807, 2.05) is 49.4 Å². The SMILES string of the molecule is CCN(C(=O)c1ccnc(NCc2cccc(C)c2)n1)c1ccccc1. The van der Waals surface area contributed by atoms with Gasteiger partial charge in [-0.1, -0.05) is 48.0 Å². The summed E-state index contributed by atoms with van der Waals surface area (Å²) in [4.78, 5) is 23.2. The standard InChI is InChI=1S/C21H22N4O/c1-3-25(18-10-5-4-6-11-18)20(26)19-12-13-22-21(24-19)23-15-17-9-7-8-16(2)14-17/h4-14H,3,15H2,1-2H3,(H,22,23,24). The quantitative estimate of drug-likeness (QED) is 0.731. The van der Waals surface area contributed by atoms with Crippen LogP contribution in [0, 0.1) is 6.92 Å². The second kappa shape index (κ2) is 8.25. The summed E-state index contributed by atoms with van der Waals surface area (Å²) in [6.45, 7) is 5.18. The highest BCUT2D eigenvalue weighted by atomic mass is 16.2. The predicted molar refractivity (Wildman–Crippen MR) is 104 cm³/mol. The van der Waals surface area contributed by atoms with Crippen molar-refractivity contribution in [2.45, 2.75) is 20.4 Å². The Morgan fingerprint density at radius 1 is 1.08 bits per heavy atom. The van der Waals surface area contributed by atoms with Gasteiger partial charge in [-0.05, 0) is 37.6 Å². The van der Waals surface area contributed by atoms with Crippen LogP contribution in [-0.2, 0) is 6.54 Å². The number of aromatic nitrogens is 2. The van der Waals surface area contributed by atoms with Crippen molar-refractivity contribution in [3.8, 4) is 0 Å². The van der Waals surface area contributed by atoms with E-state index in [1.54, 1.807) is 17.2 Å². The van der Waals surface area contributed by atoms with Gasteiger partial charge in [0.15, 0.2) is 0 Å². The van der Waals surface area contributed by atoms with Gasteiger partial charge in [0.25, 0.3) is 5.91 Å². The average molecular weight is 346 g/mol. The van der Waals surface area contributed by atoms with E-state index < -0.39 is 0 Å². The molecule has 0 radical (unpaired) electrons. The molecular formula is C21H22N4O. The fourth-order valence-electron chi connectivity index (χ4n) is 2.76. The first kappa shape index (κ1) is 17.6. The van der Waals surface area contributed by atoms with Crippen LogP contribution in [0.2, 0.25) is 0 Å². The first-order valence-electron chi connectivity index (χ1n) is 8.66. The number of benzene rings is 2. The second-order valence-electron chi connectivity index (χ2n) is 5.99. The van der Waals surface area contributed by atoms with Crippen molar-refractivity contribution < 1.29 is 4.79 Å². The van der Waals surface area contributed by atoms with Gasteiger partial charge in [0.2, 0.25) is 5.95 Å². The molecule has 0 aliphatic carbocycles. The summed E-state index contributed by atoms with van der Waals surface area (Å²) in [5.74, 6) is 0.307. The monoisotopic (exact) mass is 346 g/mol. The molecule has 0 aliphatic rings. The molecular weight excluding hydrogens is 324 g/mol. The third kappa shape index (κ3) is 4.25. The zero-order chi connectivity index (χ0) is 18.4. The lowest BCUT2D eigenvalue weighted by molar-refractivity contribution is 0.0983. The minimum Gasteiger partial charge on any atom is -0.350 e. The third-order valence-electron chi connectivity index (χ3n) is 4.04. The maximum Gasteiger partial charge on any atom is 0.277 e. The molecule has 3 rings (SSSR count). The van der Waals surface area contributed by atoms with Crippen LogP contribution in [0.15, 0.2) is 66.9 Å². The van der Waals surface area contributed by atoms with Crippen LogP contribution < -0.4 is 10.2 Å². The summed E-state index contributed by atoms with van der Waals surface area (Å²) in [5, 5.41) is 3.19. The lowest BCUT2D eigenvalue weighted by atomic mass is 10.1. The molecule has 3 aromatic rings. The predicted octanol–water partition coefficient (Wildman–Crippen LogP) is 4.06. The minimum atomic E-state index is -0.139. The Bertz CT molecular complexity index is 880. The van der Waals surface area contributed by atoms with Crippen LogP contribution in [0.4, 0.5) is 11.6 Å². The Morgan fingerprint density at radius 2 is 1.88 bits per heavy atom. The molecule has 0 bridgehead atoms. The molecule has 1 N–H and O–H groups in total. The minimum absolute atomic E-state index is 0.139. The van der Waals surface area contributed by atoms with Gasteiger partial charge in [0.1, 0.15) is 5.69 Å². The van der Waals surface area contributed by atoms with Crippen molar-refractivity contribution in [2.75, 3.05) is 16.8 Å². The van der Waals surface area contributed by atoms with E-state index in [4.69, 9.17) is 0 Å². The molecule has 0 atom stereocenters. The van der Waals surface area contributed by atoms with Crippen molar-refractivity contribution in [1.29, 1.82) is 0 Å². The fraction of sp³-hybridized carbons (Fsp3) is 0.190. The summed E-state index contributed by atoms with van der Waals surface area (Å²) >= 11 is 0. The van der Waals surface area contributed by atoms with Crippen molar-refractivity contribution >= 4 is 17.5 Å². The molecule has 5 heteroatoms. The summed E-state index contributed by atoms with van der Waals surface area (Å²) in [6.07, 6.45) is 1.61. The Kier molecular flexibility index (Phi) is 5.59. The van der Waals surface area contributed by atoms with Crippen LogP contribution in [0.25, 0.3) is 0 Å². The highest BCUT2D eigenvalue weighted by molar-refractivity contribution is 6.04.